The standard InChI is InChI=1S/C24H24BrN3O3S/c1-4-14(2)31-22-19(25)10-15(11-20(22)30-3)9-16(12-26)23(29)28-24-18(13-27)17-7-5-6-8-21(17)32-24/h9-11,14H,4-8H2,1-3H3,(H,28,29)/b16-9+/t14-/m1/s1. The molecule has 0 saturated heterocycles. The van der Waals surface area contributed by atoms with Gasteiger partial charge in [0.15, 0.2) is 11.5 Å². The lowest BCUT2D eigenvalue weighted by Crippen LogP contribution is -2.13. The number of hydrogen-bond donors (Lipinski definition) is 1. The molecule has 0 unspecified atom stereocenters. The van der Waals surface area contributed by atoms with Gasteiger partial charge >= 0.3 is 0 Å². The summed E-state index contributed by atoms with van der Waals surface area (Å²) in [6, 6.07) is 7.68. The van der Waals surface area contributed by atoms with Crippen LogP contribution in [-0.2, 0) is 17.6 Å². The molecule has 0 bridgehead atoms. The number of thiophene rings is 1. The highest BCUT2D eigenvalue weighted by atomic mass is 79.9. The Morgan fingerprint density at radius 1 is 1.34 bits per heavy atom. The average molecular weight is 514 g/mol. The molecule has 1 amide bonds. The molecule has 1 N–H and O–H groups in total. The molecule has 8 heteroatoms. The van der Waals surface area contributed by atoms with Crippen molar-refractivity contribution in [3.63, 3.8) is 0 Å². The highest BCUT2D eigenvalue weighted by Crippen LogP contribution is 2.39. The summed E-state index contributed by atoms with van der Waals surface area (Å²) in [4.78, 5) is 14.0. The van der Waals surface area contributed by atoms with Crippen LogP contribution in [0.15, 0.2) is 22.2 Å². The number of fused-ring (bicyclic) bond motifs is 1. The van der Waals surface area contributed by atoms with E-state index in [2.05, 4.69) is 27.3 Å². The topological polar surface area (TPSA) is 95.1 Å². The first-order valence-corrected chi connectivity index (χ1v) is 12.0. The first kappa shape index (κ1) is 23.8. The highest BCUT2D eigenvalue weighted by molar-refractivity contribution is 9.10. The van der Waals surface area contributed by atoms with Crippen LogP contribution < -0.4 is 14.8 Å². The number of ether oxygens (including phenoxy) is 2. The van der Waals surface area contributed by atoms with Crippen LogP contribution in [0, 0.1) is 22.7 Å². The molecule has 1 aliphatic carbocycles. The fourth-order valence-corrected chi connectivity index (χ4v) is 5.27. The number of methoxy groups -OCH3 is 1. The van der Waals surface area contributed by atoms with E-state index < -0.39 is 5.91 Å². The van der Waals surface area contributed by atoms with Crippen molar-refractivity contribution in [3.05, 3.63) is 43.7 Å². The number of aryl methyl sites for hydroxylation is 1. The molecule has 0 aliphatic heterocycles. The molecule has 32 heavy (non-hydrogen) atoms. The van der Waals surface area contributed by atoms with Crippen molar-refractivity contribution in [2.75, 3.05) is 12.4 Å². The lowest BCUT2D eigenvalue weighted by molar-refractivity contribution is -0.112. The number of hydrogen-bond acceptors (Lipinski definition) is 6. The van der Waals surface area contributed by atoms with Crippen molar-refractivity contribution < 1.29 is 14.3 Å². The summed E-state index contributed by atoms with van der Waals surface area (Å²) >= 11 is 4.93. The Morgan fingerprint density at radius 2 is 2.09 bits per heavy atom. The lowest BCUT2D eigenvalue weighted by atomic mass is 9.96. The second-order valence-corrected chi connectivity index (χ2v) is 9.48. The molecule has 1 aromatic carbocycles. The van der Waals surface area contributed by atoms with Crippen LogP contribution in [0.5, 0.6) is 11.5 Å². The van der Waals surface area contributed by atoms with Crippen molar-refractivity contribution in [3.8, 4) is 23.6 Å². The summed E-state index contributed by atoms with van der Waals surface area (Å²) in [6.45, 7) is 4.00. The minimum absolute atomic E-state index is 0.00740. The van der Waals surface area contributed by atoms with Gasteiger partial charge in [-0.3, -0.25) is 4.79 Å². The predicted octanol–water partition coefficient (Wildman–Crippen LogP) is 5.99. The van der Waals surface area contributed by atoms with Gasteiger partial charge in [0.1, 0.15) is 22.7 Å². The van der Waals surface area contributed by atoms with E-state index >= 15 is 0 Å². The SMILES string of the molecule is CC[C@@H](C)Oc1c(Br)cc(/C=C(\C#N)C(=O)Nc2sc3c(c2C#N)CCCC3)cc1OC. The minimum atomic E-state index is -0.544. The molecule has 0 saturated carbocycles. The second kappa shape index (κ2) is 10.7. The Morgan fingerprint density at radius 3 is 2.75 bits per heavy atom. The lowest BCUT2D eigenvalue weighted by Gasteiger charge is -2.17. The van der Waals surface area contributed by atoms with Gasteiger partial charge < -0.3 is 14.8 Å². The van der Waals surface area contributed by atoms with Crippen molar-refractivity contribution in [2.24, 2.45) is 0 Å². The largest absolute Gasteiger partial charge is 0.493 e. The zero-order chi connectivity index (χ0) is 23.3. The van der Waals surface area contributed by atoms with Gasteiger partial charge in [-0.25, -0.2) is 0 Å². The quantitative estimate of drug-likeness (QED) is 0.362. The second-order valence-electron chi connectivity index (χ2n) is 7.52. The zero-order valence-electron chi connectivity index (χ0n) is 18.3. The first-order valence-electron chi connectivity index (χ1n) is 10.4. The molecule has 6 nitrogen and oxygen atoms in total. The summed E-state index contributed by atoms with van der Waals surface area (Å²) in [5.74, 6) is 0.531. The van der Waals surface area contributed by atoms with E-state index in [0.717, 1.165) is 42.5 Å². The van der Waals surface area contributed by atoms with Gasteiger partial charge in [-0.15, -0.1) is 11.3 Å². The van der Waals surface area contributed by atoms with Gasteiger partial charge in [-0.1, -0.05) is 6.92 Å². The zero-order valence-corrected chi connectivity index (χ0v) is 20.7. The van der Waals surface area contributed by atoms with E-state index in [1.807, 2.05) is 19.9 Å². The van der Waals surface area contributed by atoms with Crippen LogP contribution in [0.25, 0.3) is 6.08 Å². The number of nitrogens with zero attached hydrogens (tertiary/aromatic N) is 2. The Bertz CT molecular complexity index is 1140. The van der Waals surface area contributed by atoms with E-state index in [1.54, 1.807) is 19.2 Å². The van der Waals surface area contributed by atoms with E-state index in [0.29, 0.717) is 32.1 Å². The number of carbonyl (C=O) groups is 1. The van der Waals surface area contributed by atoms with Crippen LogP contribution >= 0.6 is 27.3 Å². The van der Waals surface area contributed by atoms with E-state index in [1.165, 1.54) is 17.4 Å². The molecule has 1 atom stereocenters. The van der Waals surface area contributed by atoms with Crippen molar-refractivity contribution >= 4 is 44.3 Å². The third kappa shape index (κ3) is 5.15. The number of anilines is 1. The fourth-order valence-electron chi connectivity index (χ4n) is 3.48. The predicted molar refractivity (Wildman–Crippen MR) is 129 cm³/mol. The van der Waals surface area contributed by atoms with Crippen LogP contribution in [0.1, 0.15) is 54.7 Å². The van der Waals surface area contributed by atoms with E-state index in [-0.39, 0.29) is 11.7 Å². The number of halogens is 1. The van der Waals surface area contributed by atoms with E-state index in [4.69, 9.17) is 9.47 Å². The summed E-state index contributed by atoms with van der Waals surface area (Å²) in [7, 11) is 1.54. The Labute approximate surface area is 200 Å². The van der Waals surface area contributed by atoms with Crippen LogP contribution in [0.3, 0.4) is 0 Å². The summed E-state index contributed by atoms with van der Waals surface area (Å²) in [5.41, 5.74) is 2.10. The smallest absolute Gasteiger partial charge is 0.266 e. The number of rotatable bonds is 7. The number of nitrogens with one attached hydrogen (secondary N) is 1. The minimum Gasteiger partial charge on any atom is -0.493 e. The van der Waals surface area contributed by atoms with Gasteiger partial charge in [0, 0.05) is 4.88 Å². The summed E-state index contributed by atoms with van der Waals surface area (Å²) < 4.78 is 12.1. The normalized spacial score (nSPS) is 14.0. The number of amides is 1. The monoisotopic (exact) mass is 513 g/mol. The Hall–Kier alpha value is -2.81. The third-order valence-corrected chi connectivity index (χ3v) is 7.13. The van der Waals surface area contributed by atoms with Crippen molar-refractivity contribution in [1.82, 2.24) is 0 Å². The van der Waals surface area contributed by atoms with Crippen molar-refractivity contribution in [1.29, 1.82) is 10.5 Å². The summed E-state index contributed by atoms with van der Waals surface area (Å²) in [6.07, 6.45) is 6.25. The number of nitriles is 2. The molecule has 1 aromatic heterocycles. The fraction of sp³-hybridized carbons (Fsp3) is 0.375. The van der Waals surface area contributed by atoms with Gasteiger partial charge in [-0.05, 0) is 84.3 Å². The van der Waals surface area contributed by atoms with Crippen LogP contribution in [-0.4, -0.2) is 19.1 Å². The molecule has 3 rings (SSSR count). The van der Waals surface area contributed by atoms with Gasteiger partial charge in [0.25, 0.3) is 5.91 Å². The molecule has 0 spiro atoms. The maximum Gasteiger partial charge on any atom is 0.266 e. The molecule has 0 fully saturated rings. The molecule has 1 heterocycles. The molecule has 0 radical (unpaired) electrons. The third-order valence-electron chi connectivity index (χ3n) is 5.33. The molecule has 166 valence electrons. The molecule has 1 aliphatic rings. The van der Waals surface area contributed by atoms with Gasteiger partial charge in [0.2, 0.25) is 0 Å². The summed E-state index contributed by atoms with van der Waals surface area (Å²) in [5, 5.41) is 22.5. The van der Waals surface area contributed by atoms with Gasteiger partial charge in [0.05, 0.1) is 23.2 Å². The maximum absolute atomic E-state index is 12.8. The van der Waals surface area contributed by atoms with Crippen molar-refractivity contribution in [2.45, 2.75) is 52.1 Å². The van der Waals surface area contributed by atoms with Gasteiger partial charge in [-0.2, -0.15) is 10.5 Å². The molecular weight excluding hydrogens is 490 g/mol. The van der Waals surface area contributed by atoms with Crippen LogP contribution in [0.2, 0.25) is 0 Å². The molecule has 2 aromatic rings. The average Bonchev–Trinajstić information content (AvgIpc) is 3.15. The van der Waals surface area contributed by atoms with Crippen LogP contribution in [0.4, 0.5) is 5.00 Å². The number of benzene rings is 1. The molecular formula is C24H24BrN3O3S. The Balaban J connectivity index is 1.89. The maximum atomic E-state index is 12.8. The number of carbonyl (C=O) groups excluding carboxylic acids is 1. The Kier molecular flexibility index (Phi) is 7.95. The van der Waals surface area contributed by atoms with E-state index in [9.17, 15) is 15.3 Å². The highest BCUT2D eigenvalue weighted by Gasteiger charge is 2.23. The first-order chi connectivity index (χ1) is 15.4.